The van der Waals surface area contributed by atoms with E-state index in [2.05, 4.69) is 14.5 Å². The van der Waals surface area contributed by atoms with Gasteiger partial charge >= 0.3 is 11.9 Å². The predicted octanol–water partition coefficient (Wildman–Crippen LogP) is 0.106. The van der Waals surface area contributed by atoms with Crippen LogP contribution in [0.3, 0.4) is 0 Å². The van der Waals surface area contributed by atoms with Crippen molar-refractivity contribution in [1.82, 2.24) is 4.98 Å². The molecule has 7 heteroatoms. The largest absolute Gasteiger partial charge is 0.468 e. The molecular weight excluding hydrogens is 250 g/mol. The van der Waals surface area contributed by atoms with E-state index in [-0.39, 0.29) is 24.5 Å². The van der Waals surface area contributed by atoms with Gasteiger partial charge in [-0.2, -0.15) is 5.26 Å². The molecule has 7 nitrogen and oxygen atoms in total. The van der Waals surface area contributed by atoms with Crippen molar-refractivity contribution in [1.29, 1.82) is 5.26 Å². The van der Waals surface area contributed by atoms with Gasteiger partial charge in [-0.1, -0.05) is 0 Å². The molecular formula is C12H13N3O4. The van der Waals surface area contributed by atoms with Crippen LogP contribution in [0.25, 0.3) is 0 Å². The molecule has 0 aromatic carbocycles. The highest BCUT2D eigenvalue weighted by Gasteiger charge is 2.19. The van der Waals surface area contributed by atoms with Crippen LogP contribution in [0.15, 0.2) is 18.3 Å². The van der Waals surface area contributed by atoms with Crippen LogP contribution in [0, 0.1) is 11.3 Å². The van der Waals surface area contributed by atoms with Crippen LogP contribution in [-0.2, 0) is 19.1 Å². The Bertz CT molecular complexity index is 492. The third kappa shape index (κ3) is 3.96. The topological polar surface area (TPSA) is 92.5 Å². The van der Waals surface area contributed by atoms with Gasteiger partial charge < -0.3 is 14.4 Å². The molecule has 0 bridgehead atoms. The van der Waals surface area contributed by atoms with Crippen LogP contribution < -0.4 is 4.90 Å². The third-order valence-electron chi connectivity index (χ3n) is 2.30. The predicted molar refractivity (Wildman–Crippen MR) is 65.2 cm³/mol. The molecule has 0 amide bonds. The van der Waals surface area contributed by atoms with Gasteiger partial charge in [0.15, 0.2) is 0 Å². The maximum absolute atomic E-state index is 11.3. The molecule has 0 fully saturated rings. The fourth-order valence-electron chi connectivity index (χ4n) is 1.38. The highest BCUT2D eigenvalue weighted by atomic mass is 16.5. The Morgan fingerprint density at radius 1 is 1.32 bits per heavy atom. The Kier molecular flexibility index (Phi) is 5.29. The second kappa shape index (κ2) is 6.96. The van der Waals surface area contributed by atoms with Crippen LogP contribution in [0.5, 0.6) is 0 Å². The lowest BCUT2D eigenvalue weighted by molar-refractivity contribution is -0.140. The molecule has 0 unspecified atom stereocenters. The summed E-state index contributed by atoms with van der Waals surface area (Å²) in [5, 5.41) is 9.00. The van der Waals surface area contributed by atoms with Gasteiger partial charge in [-0.25, -0.2) is 4.98 Å². The SMILES string of the molecule is COC(=O)CN(CC(=O)OC)c1ncccc1C#N. The number of hydrogen-bond donors (Lipinski definition) is 0. The van der Waals surface area contributed by atoms with E-state index < -0.39 is 11.9 Å². The number of anilines is 1. The van der Waals surface area contributed by atoms with E-state index in [4.69, 9.17) is 5.26 Å². The van der Waals surface area contributed by atoms with Crippen LogP contribution >= 0.6 is 0 Å². The zero-order valence-corrected chi connectivity index (χ0v) is 10.6. The minimum atomic E-state index is -0.543. The average molecular weight is 263 g/mol. The van der Waals surface area contributed by atoms with Crippen molar-refractivity contribution in [3.05, 3.63) is 23.9 Å². The van der Waals surface area contributed by atoms with Crippen molar-refractivity contribution >= 4 is 17.8 Å². The Hall–Kier alpha value is -2.62. The van der Waals surface area contributed by atoms with Gasteiger partial charge in [0.25, 0.3) is 0 Å². The molecule has 0 saturated carbocycles. The Morgan fingerprint density at radius 2 is 1.89 bits per heavy atom. The Balaban J connectivity index is 3.04. The molecule has 0 aliphatic carbocycles. The number of hydrogen-bond acceptors (Lipinski definition) is 7. The van der Waals surface area contributed by atoms with Gasteiger partial charge in [-0.3, -0.25) is 9.59 Å². The standard InChI is InChI=1S/C12H13N3O4/c1-18-10(16)7-15(8-11(17)19-2)12-9(6-13)4-3-5-14-12/h3-5H,7-8H2,1-2H3. The Labute approximate surface area is 110 Å². The maximum atomic E-state index is 11.3. The van der Waals surface area contributed by atoms with Crippen molar-refractivity contribution in [3.63, 3.8) is 0 Å². The zero-order chi connectivity index (χ0) is 14.3. The minimum Gasteiger partial charge on any atom is -0.468 e. The first-order chi connectivity index (χ1) is 9.12. The number of pyridine rings is 1. The lowest BCUT2D eigenvalue weighted by Crippen LogP contribution is -2.36. The van der Waals surface area contributed by atoms with Crippen molar-refractivity contribution < 1.29 is 19.1 Å². The van der Waals surface area contributed by atoms with Crippen molar-refractivity contribution in [3.8, 4) is 6.07 Å². The highest BCUT2D eigenvalue weighted by molar-refractivity contribution is 5.81. The summed E-state index contributed by atoms with van der Waals surface area (Å²) in [6.07, 6.45) is 1.47. The second-order valence-electron chi connectivity index (χ2n) is 3.49. The summed E-state index contributed by atoms with van der Waals surface area (Å²) in [6, 6.07) is 5.09. The molecule has 1 rings (SSSR count). The summed E-state index contributed by atoms with van der Waals surface area (Å²) in [5.74, 6) is -0.849. The van der Waals surface area contributed by atoms with Crippen molar-refractivity contribution in [2.75, 3.05) is 32.2 Å². The fourth-order valence-corrected chi connectivity index (χ4v) is 1.38. The van der Waals surface area contributed by atoms with Crippen LogP contribution in [0.4, 0.5) is 5.82 Å². The van der Waals surface area contributed by atoms with Gasteiger partial charge in [-0.15, -0.1) is 0 Å². The van der Waals surface area contributed by atoms with E-state index in [9.17, 15) is 9.59 Å². The monoisotopic (exact) mass is 263 g/mol. The van der Waals surface area contributed by atoms with Crippen LogP contribution in [-0.4, -0.2) is 44.2 Å². The molecule has 0 radical (unpaired) electrons. The number of methoxy groups -OCH3 is 2. The number of nitrogens with zero attached hydrogens (tertiary/aromatic N) is 3. The van der Waals surface area contributed by atoms with E-state index in [1.54, 1.807) is 12.1 Å². The lowest BCUT2D eigenvalue weighted by Gasteiger charge is -2.21. The van der Waals surface area contributed by atoms with E-state index in [1.165, 1.54) is 25.3 Å². The highest BCUT2D eigenvalue weighted by Crippen LogP contribution is 2.16. The molecule has 0 N–H and O–H groups in total. The molecule has 1 aromatic rings. The van der Waals surface area contributed by atoms with Gasteiger partial charge in [0, 0.05) is 6.20 Å². The normalized spacial score (nSPS) is 9.32. The Morgan fingerprint density at radius 3 is 2.37 bits per heavy atom. The van der Waals surface area contributed by atoms with Crippen LogP contribution in [0.1, 0.15) is 5.56 Å². The van der Waals surface area contributed by atoms with Crippen LogP contribution in [0.2, 0.25) is 0 Å². The van der Waals surface area contributed by atoms with Gasteiger partial charge in [0.05, 0.1) is 19.8 Å². The van der Waals surface area contributed by atoms with E-state index >= 15 is 0 Å². The zero-order valence-electron chi connectivity index (χ0n) is 10.6. The summed E-state index contributed by atoms with van der Waals surface area (Å²) < 4.78 is 9.10. The summed E-state index contributed by atoms with van der Waals surface area (Å²) in [6.45, 7) is -0.394. The smallest absolute Gasteiger partial charge is 0.325 e. The quantitative estimate of drug-likeness (QED) is 0.696. The number of aromatic nitrogens is 1. The number of nitriles is 1. The molecule has 0 atom stereocenters. The second-order valence-corrected chi connectivity index (χ2v) is 3.49. The number of carbonyl (C=O) groups is 2. The third-order valence-corrected chi connectivity index (χ3v) is 2.30. The number of rotatable bonds is 5. The summed E-state index contributed by atoms with van der Waals surface area (Å²) in [5.41, 5.74) is 0.260. The number of esters is 2. The molecule has 0 aliphatic rings. The molecule has 19 heavy (non-hydrogen) atoms. The van der Waals surface area contributed by atoms with Crippen molar-refractivity contribution in [2.45, 2.75) is 0 Å². The fraction of sp³-hybridized carbons (Fsp3) is 0.333. The first kappa shape index (κ1) is 14.4. The molecule has 1 heterocycles. The maximum Gasteiger partial charge on any atom is 0.325 e. The minimum absolute atomic E-state index is 0.197. The summed E-state index contributed by atoms with van der Waals surface area (Å²) in [7, 11) is 2.48. The molecule has 0 saturated heterocycles. The molecule has 0 aliphatic heterocycles. The van der Waals surface area contributed by atoms with E-state index in [0.717, 1.165) is 0 Å². The molecule has 100 valence electrons. The van der Waals surface area contributed by atoms with E-state index in [1.807, 2.05) is 6.07 Å². The van der Waals surface area contributed by atoms with Gasteiger partial charge in [-0.05, 0) is 12.1 Å². The molecule has 0 spiro atoms. The molecule has 1 aromatic heterocycles. The number of carbonyl (C=O) groups excluding carboxylic acids is 2. The first-order valence-corrected chi connectivity index (χ1v) is 5.36. The van der Waals surface area contributed by atoms with Gasteiger partial charge in [0.1, 0.15) is 25.0 Å². The summed E-state index contributed by atoms with van der Waals surface area (Å²) >= 11 is 0. The lowest BCUT2D eigenvalue weighted by atomic mass is 10.2. The first-order valence-electron chi connectivity index (χ1n) is 5.36. The van der Waals surface area contributed by atoms with E-state index in [0.29, 0.717) is 0 Å². The average Bonchev–Trinajstić information content (AvgIpc) is 2.46. The van der Waals surface area contributed by atoms with Gasteiger partial charge in [0.2, 0.25) is 0 Å². The van der Waals surface area contributed by atoms with Crippen molar-refractivity contribution in [2.24, 2.45) is 0 Å². The summed E-state index contributed by atoms with van der Waals surface area (Å²) in [4.78, 5) is 28.0. The number of ether oxygens (including phenoxy) is 2.